The van der Waals surface area contributed by atoms with Crippen molar-refractivity contribution in [3.05, 3.63) is 58.6 Å². The van der Waals surface area contributed by atoms with Gasteiger partial charge in [0.25, 0.3) is 0 Å². The van der Waals surface area contributed by atoms with Crippen molar-refractivity contribution in [3.8, 4) is 11.5 Å². The van der Waals surface area contributed by atoms with Gasteiger partial charge >= 0.3 is 11.9 Å². The Morgan fingerprint density at radius 1 is 1.25 bits per heavy atom. The maximum absolute atomic E-state index is 12.4. The summed E-state index contributed by atoms with van der Waals surface area (Å²) in [6.07, 6.45) is 4.16. The van der Waals surface area contributed by atoms with E-state index in [0.717, 1.165) is 45.6 Å². The molecule has 2 unspecified atom stereocenters. The molecular formula is C23H21BrO4. The van der Waals surface area contributed by atoms with E-state index in [2.05, 4.69) is 36.0 Å². The molecule has 0 saturated heterocycles. The lowest BCUT2D eigenvalue weighted by Gasteiger charge is -2.29. The molecule has 0 radical (unpaired) electrons. The molecule has 2 aliphatic carbocycles. The highest BCUT2D eigenvalue weighted by molar-refractivity contribution is 9.10. The number of hydrogen-bond acceptors (Lipinski definition) is 4. The molecule has 0 amide bonds. The number of hydrogen-bond donors (Lipinski definition) is 0. The zero-order valence-corrected chi connectivity index (χ0v) is 17.5. The summed E-state index contributed by atoms with van der Waals surface area (Å²) in [4.78, 5) is 24.5. The molecule has 0 heterocycles. The minimum atomic E-state index is -0.496. The van der Waals surface area contributed by atoms with Crippen molar-refractivity contribution < 1.29 is 19.1 Å². The first-order valence-corrected chi connectivity index (χ1v) is 10.1. The van der Waals surface area contributed by atoms with Crippen molar-refractivity contribution in [1.29, 1.82) is 0 Å². The zero-order chi connectivity index (χ0) is 20.2. The SMILES string of the molecule is C=CC(=O)Oc1c2c(c(OC(=O)C(=C)C)c3cc(Br)ccc13)C1CCC2(C)C1. The number of fused-ring (bicyclic) bond motifs is 6. The van der Waals surface area contributed by atoms with Crippen molar-refractivity contribution in [3.63, 3.8) is 0 Å². The molecule has 1 fully saturated rings. The summed E-state index contributed by atoms with van der Waals surface area (Å²) in [5, 5.41) is 1.49. The Labute approximate surface area is 172 Å². The molecule has 2 aromatic rings. The Morgan fingerprint density at radius 3 is 2.68 bits per heavy atom. The molecule has 2 aromatic carbocycles. The zero-order valence-electron chi connectivity index (χ0n) is 15.9. The van der Waals surface area contributed by atoms with Gasteiger partial charge in [-0.3, -0.25) is 0 Å². The largest absolute Gasteiger partial charge is 0.422 e. The molecule has 2 aliphatic rings. The molecule has 2 bridgehead atoms. The molecule has 0 aliphatic heterocycles. The van der Waals surface area contributed by atoms with Gasteiger partial charge in [-0.25, -0.2) is 9.59 Å². The molecule has 4 rings (SSSR count). The van der Waals surface area contributed by atoms with Crippen LogP contribution in [0.1, 0.15) is 50.2 Å². The quantitative estimate of drug-likeness (QED) is 0.346. The summed E-state index contributed by atoms with van der Waals surface area (Å²) in [6.45, 7) is 11.1. The van der Waals surface area contributed by atoms with E-state index in [1.165, 1.54) is 6.08 Å². The Balaban J connectivity index is 2.08. The molecule has 0 spiro atoms. The Kier molecular flexibility index (Phi) is 4.46. The van der Waals surface area contributed by atoms with E-state index in [1.54, 1.807) is 6.92 Å². The van der Waals surface area contributed by atoms with Crippen LogP contribution in [0.15, 0.2) is 47.5 Å². The maximum Gasteiger partial charge on any atom is 0.338 e. The molecule has 4 nitrogen and oxygen atoms in total. The lowest BCUT2D eigenvalue weighted by atomic mass is 9.78. The summed E-state index contributed by atoms with van der Waals surface area (Å²) in [5.74, 6) is 0.447. The van der Waals surface area contributed by atoms with Crippen LogP contribution in [-0.4, -0.2) is 11.9 Å². The van der Waals surface area contributed by atoms with Gasteiger partial charge in [0, 0.05) is 38.0 Å². The van der Waals surface area contributed by atoms with Gasteiger partial charge in [-0.2, -0.15) is 0 Å². The lowest BCUT2D eigenvalue weighted by molar-refractivity contribution is -0.130. The highest BCUT2D eigenvalue weighted by Crippen LogP contribution is 2.64. The molecule has 2 atom stereocenters. The first-order valence-electron chi connectivity index (χ1n) is 9.26. The smallest absolute Gasteiger partial charge is 0.338 e. The van der Waals surface area contributed by atoms with Gasteiger partial charge in [0.2, 0.25) is 0 Å². The van der Waals surface area contributed by atoms with E-state index >= 15 is 0 Å². The molecule has 0 aromatic heterocycles. The van der Waals surface area contributed by atoms with Crippen LogP contribution >= 0.6 is 15.9 Å². The molecular weight excluding hydrogens is 420 g/mol. The van der Waals surface area contributed by atoms with Gasteiger partial charge in [0.1, 0.15) is 11.5 Å². The lowest BCUT2D eigenvalue weighted by Crippen LogP contribution is -2.20. The van der Waals surface area contributed by atoms with Crippen LogP contribution in [0.25, 0.3) is 10.8 Å². The monoisotopic (exact) mass is 440 g/mol. The van der Waals surface area contributed by atoms with Crippen LogP contribution < -0.4 is 9.47 Å². The van der Waals surface area contributed by atoms with E-state index in [1.807, 2.05) is 18.2 Å². The third-order valence-corrected chi connectivity index (χ3v) is 6.37. The van der Waals surface area contributed by atoms with Crippen molar-refractivity contribution >= 4 is 38.6 Å². The fourth-order valence-electron chi connectivity index (χ4n) is 4.66. The minimum absolute atomic E-state index is 0.109. The van der Waals surface area contributed by atoms with Crippen LogP contribution in [0.4, 0.5) is 0 Å². The first-order chi connectivity index (χ1) is 13.2. The van der Waals surface area contributed by atoms with Crippen molar-refractivity contribution in [2.75, 3.05) is 0 Å². The fourth-order valence-corrected chi connectivity index (χ4v) is 5.02. The van der Waals surface area contributed by atoms with E-state index in [0.29, 0.717) is 17.1 Å². The van der Waals surface area contributed by atoms with Gasteiger partial charge < -0.3 is 9.47 Å². The third kappa shape index (κ3) is 2.80. The molecule has 28 heavy (non-hydrogen) atoms. The van der Waals surface area contributed by atoms with Crippen molar-refractivity contribution in [1.82, 2.24) is 0 Å². The topological polar surface area (TPSA) is 52.6 Å². The summed E-state index contributed by atoms with van der Waals surface area (Å²) < 4.78 is 12.5. The average Bonchev–Trinajstić information content (AvgIpc) is 3.17. The highest BCUT2D eigenvalue weighted by Gasteiger charge is 2.50. The number of rotatable bonds is 4. The average molecular weight is 441 g/mol. The van der Waals surface area contributed by atoms with Crippen molar-refractivity contribution in [2.45, 2.75) is 44.4 Å². The molecule has 1 saturated carbocycles. The number of benzene rings is 2. The second-order valence-corrected chi connectivity index (χ2v) is 8.85. The van der Waals surface area contributed by atoms with E-state index < -0.39 is 11.9 Å². The van der Waals surface area contributed by atoms with E-state index in [9.17, 15) is 9.59 Å². The maximum atomic E-state index is 12.4. The Bertz CT molecular complexity index is 1070. The Hall–Kier alpha value is -2.40. The van der Waals surface area contributed by atoms with Gasteiger partial charge in [0.05, 0.1) is 0 Å². The van der Waals surface area contributed by atoms with Crippen molar-refractivity contribution in [2.24, 2.45) is 0 Å². The normalized spacial score (nSPS) is 22.0. The second kappa shape index (κ2) is 6.59. The van der Waals surface area contributed by atoms with Crippen LogP contribution in [-0.2, 0) is 15.0 Å². The van der Waals surface area contributed by atoms with Crippen LogP contribution in [0, 0.1) is 0 Å². The van der Waals surface area contributed by atoms with Gasteiger partial charge in [-0.1, -0.05) is 36.0 Å². The number of ether oxygens (including phenoxy) is 2. The molecule has 5 heteroatoms. The standard InChI is InChI=1S/C23H21BrO4/c1-5-17(25)27-21-15-7-6-14(24)10-16(15)20(28-22(26)12(2)3)18-13-8-9-23(4,11-13)19(18)21/h5-7,10,13H,1-2,8-9,11H2,3-4H3. The number of carbonyl (C=O) groups excluding carboxylic acids is 2. The van der Waals surface area contributed by atoms with E-state index in [-0.39, 0.29) is 11.3 Å². The number of esters is 2. The summed E-state index contributed by atoms with van der Waals surface area (Å²) in [7, 11) is 0. The summed E-state index contributed by atoms with van der Waals surface area (Å²) in [5.41, 5.74) is 2.20. The number of halogens is 1. The summed E-state index contributed by atoms with van der Waals surface area (Å²) >= 11 is 3.50. The fraction of sp³-hybridized carbons (Fsp3) is 0.304. The molecule has 144 valence electrons. The second-order valence-electron chi connectivity index (χ2n) is 7.93. The predicted molar refractivity (Wildman–Crippen MR) is 112 cm³/mol. The third-order valence-electron chi connectivity index (χ3n) is 5.88. The van der Waals surface area contributed by atoms with Gasteiger partial charge in [0.15, 0.2) is 0 Å². The van der Waals surface area contributed by atoms with Crippen LogP contribution in [0.3, 0.4) is 0 Å². The summed E-state index contributed by atoms with van der Waals surface area (Å²) in [6, 6.07) is 5.68. The number of carbonyl (C=O) groups is 2. The molecule has 0 N–H and O–H groups in total. The van der Waals surface area contributed by atoms with Gasteiger partial charge in [-0.15, -0.1) is 0 Å². The Morgan fingerprint density at radius 2 is 2.00 bits per heavy atom. The predicted octanol–water partition coefficient (Wildman–Crippen LogP) is 5.71. The first kappa shape index (κ1) is 18.9. The van der Waals surface area contributed by atoms with Crippen LogP contribution in [0.5, 0.6) is 11.5 Å². The highest BCUT2D eigenvalue weighted by atomic mass is 79.9. The van der Waals surface area contributed by atoms with E-state index in [4.69, 9.17) is 9.47 Å². The minimum Gasteiger partial charge on any atom is -0.422 e. The van der Waals surface area contributed by atoms with Gasteiger partial charge in [-0.05, 0) is 55.7 Å². The van der Waals surface area contributed by atoms with Crippen LogP contribution in [0.2, 0.25) is 0 Å².